The van der Waals surface area contributed by atoms with Crippen LogP contribution in [0.2, 0.25) is 0 Å². The van der Waals surface area contributed by atoms with Crippen molar-refractivity contribution in [3.8, 4) is 11.5 Å². The Bertz CT molecular complexity index is 1100. The van der Waals surface area contributed by atoms with Gasteiger partial charge in [-0.25, -0.2) is 14.1 Å². The number of hydrogen-bond donors (Lipinski definition) is 1. The summed E-state index contributed by atoms with van der Waals surface area (Å²) in [6.07, 6.45) is 4.36. The van der Waals surface area contributed by atoms with Crippen molar-refractivity contribution in [1.82, 2.24) is 19.7 Å². The van der Waals surface area contributed by atoms with Crippen LogP contribution in [0.4, 0.5) is 10.1 Å². The molecule has 2 atom stereocenters. The monoisotopic (exact) mass is 421 g/mol. The molecule has 0 bridgehead atoms. The van der Waals surface area contributed by atoms with E-state index >= 15 is 0 Å². The first-order chi connectivity index (χ1) is 15.0. The number of fused-ring (bicyclic) bond motifs is 1. The molecule has 2 aliphatic rings. The first-order valence-electron chi connectivity index (χ1n) is 10.0. The molecule has 2 amide bonds. The lowest BCUT2D eigenvalue weighted by atomic mass is 10.1. The third-order valence-corrected chi connectivity index (χ3v) is 5.88. The SMILES string of the molecule is O=C(Cn1cncn1)N1CCC2CC21C(=O)Nc1ccc(Oc2ccc(F)cc2)cc1. The maximum atomic E-state index is 13.1. The predicted molar refractivity (Wildman–Crippen MR) is 109 cm³/mol. The molecule has 9 heteroatoms. The number of rotatable bonds is 6. The van der Waals surface area contributed by atoms with E-state index in [-0.39, 0.29) is 30.1 Å². The van der Waals surface area contributed by atoms with Gasteiger partial charge in [-0.15, -0.1) is 0 Å². The second-order valence-electron chi connectivity index (χ2n) is 7.79. The third-order valence-electron chi connectivity index (χ3n) is 5.88. The Hall–Kier alpha value is -3.75. The van der Waals surface area contributed by atoms with Crippen LogP contribution < -0.4 is 10.1 Å². The number of ether oxygens (including phenoxy) is 1. The molecule has 1 saturated carbocycles. The highest BCUT2D eigenvalue weighted by Crippen LogP contribution is 2.56. The van der Waals surface area contributed by atoms with Gasteiger partial charge in [0.05, 0.1) is 0 Å². The zero-order chi connectivity index (χ0) is 21.4. The molecule has 1 saturated heterocycles. The minimum Gasteiger partial charge on any atom is -0.457 e. The van der Waals surface area contributed by atoms with Crippen LogP contribution in [-0.2, 0) is 16.1 Å². The van der Waals surface area contributed by atoms with Crippen molar-refractivity contribution in [3.05, 3.63) is 67.0 Å². The lowest BCUT2D eigenvalue weighted by Crippen LogP contribution is -2.49. The fraction of sp³-hybridized carbons (Fsp3) is 0.273. The molecule has 0 spiro atoms. The lowest BCUT2D eigenvalue weighted by Gasteiger charge is -2.27. The molecule has 2 aromatic carbocycles. The fourth-order valence-electron chi connectivity index (χ4n) is 4.24. The Morgan fingerprint density at radius 1 is 1.13 bits per heavy atom. The van der Waals surface area contributed by atoms with Gasteiger partial charge < -0.3 is 15.0 Å². The third kappa shape index (κ3) is 3.63. The smallest absolute Gasteiger partial charge is 0.250 e. The molecular weight excluding hydrogens is 401 g/mol. The summed E-state index contributed by atoms with van der Waals surface area (Å²) in [6.45, 7) is 0.632. The number of nitrogens with zero attached hydrogens (tertiary/aromatic N) is 4. The van der Waals surface area contributed by atoms with Gasteiger partial charge in [-0.2, -0.15) is 5.10 Å². The average molecular weight is 421 g/mol. The molecule has 3 aromatic rings. The number of benzene rings is 2. The van der Waals surface area contributed by atoms with Crippen molar-refractivity contribution < 1.29 is 18.7 Å². The summed E-state index contributed by atoms with van der Waals surface area (Å²) in [5, 5.41) is 6.91. The van der Waals surface area contributed by atoms with E-state index in [9.17, 15) is 14.0 Å². The molecule has 0 radical (unpaired) electrons. The minimum atomic E-state index is -0.777. The highest BCUT2D eigenvalue weighted by atomic mass is 19.1. The van der Waals surface area contributed by atoms with E-state index < -0.39 is 5.54 Å². The number of hydrogen-bond acceptors (Lipinski definition) is 5. The number of halogens is 1. The van der Waals surface area contributed by atoms with Crippen molar-refractivity contribution in [1.29, 1.82) is 0 Å². The maximum Gasteiger partial charge on any atom is 0.250 e. The molecule has 1 aliphatic heterocycles. The van der Waals surface area contributed by atoms with E-state index in [0.29, 0.717) is 30.2 Å². The van der Waals surface area contributed by atoms with Crippen LogP contribution >= 0.6 is 0 Å². The average Bonchev–Trinajstić information content (AvgIpc) is 3.09. The van der Waals surface area contributed by atoms with Crippen molar-refractivity contribution in [2.45, 2.75) is 24.9 Å². The van der Waals surface area contributed by atoms with Gasteiger partial charge in [0.2, 0.25) is 5.91 Å². The van der Waals surface area contributed by atoms with E-state index in [0.717, 1.165) is 6.42 Å². The molecule has 31 heavy (non-hydrogen) atoms. The van der Waals surface area contributed by atoms with E-state index in [1.165, 1.54) is 29.5 Å². The second-order valence-corrected chi connectivity index (χ2v) is 7.79. The molecule has 2 fully saturated rings. The second kappa shape index (κ2) is 7.50. The molecule has 1 N–H and O–H groups in total. The van der Waals surface area contributed by atoms with E-state index in [1.807, 2.05) is 0 Å². The van der Waals surface area contributed by atoms with Crippen LogP contribution in [0.3, 0.4) is 0 Å². The number of nitrogens with one attached hydrogen (secondary N) is 1. The Balaban J connectivity index is 1.24. The number of amides is 2. The van der Waals surface area contributed by atoms with Crippen LogP contribution in [0, 0.1) is 11.7 Å². The number of likely N-dealkylation sites (tertiary alicyclic amines) is 1. The summed E-state index contributed by atoms with van der Waals surface area (Å²) in [7, 11) is 0. The Morgan fingerprint density at radius 2 is 1.84 bits per heavy atom. The molecule has 2 heterocycles. The molecule has 2 unspecified atom stereocenters. The molecular formula is C22H20FN5O3. The van der Waals surface area contributed by atoms with Gasteiger partial charge in [0.15, 0.2) is 0 Å². The Kier molecular flexibility index (Phi) is 4.65. The van der Waals surface area contributed by atoms with Crippen molar-refractivity contribution in [2.24, 2.45) is 5.92 Å². The van der Waals surface area contributed by atoms with Crippen LogP contribution in [0.15, 0.2) is 61.2 Å². The van der Waals surface area contributed by atoms with Gasteiger partial charge in [0.1, 0.15) is 42.1 Å². The van der Waals surface area contributed by atoms with Gasteiger partial charge in [0.25, 0.3) is 5.91 Å². The number of piperidine rings is 1. The van der Waals surface area contributed by atoms with Gasteiger partial charge in [-0.05, 0) is 67.3 Å². The van der Waals surface area contributed by atoms with Gasteiger partial charge >= 0.3 is 0 Å². The van der Waals surface area contributed by atoms with Crippen molar-refractivity contribution >= 4 is 17.5 Å². The standard InChI is InChI=1S/C22H20FN5O3/c23-16-1-5-18(6-2-16)31-19-7-3-17(4-8-19)26-21(30)22-11-15(22)9-10-28(22)20(29)12-27-14-24-13-25-27/h1-8,13-15H,9-12H2,(H,26,30). The van der Waals surface area contributed by atoms with E-state index in [2.05, 4.69) is 15.4 Å². The van der Waals surface area contributed by atoms with Crippen LogP contribution in [-0.4, -0.2) is 43.6 Å². The van der Waals surface area contributed by atoms with Gasteiger partial charge in [-0.3, -0.25) is 9.59 Å². The Morgan fingerprint density at radius 3 is 2.48 bits per heavy atom. The van der Waals surface area contributed by atoms with Crippen molar-refractivity contribution in [3.63, 3.8) is 0 Å². The highest BCUT2D eigenvalue weighted by molar-refractivity contribution is 6.03. The number of aromatic nitrogens is 3. The van der Waals surface area contributed by atoms with E-state index in [1.54, 1.807) is 41.3 Å². The predicted octanol–water partition coefficient (Wildman–Crippen LogP) is 2.84. The largest absolute Gasteiger partial charge is 0.457 e. The van der Waals surface area contributed by atoms with Crippen LogP contribution in [0.1, 0.15) is 12.8 Å². The van der Waals surface area contributed by atoms with Gasteiger partial charge in [-0.1, -0.05) is 0 Å². The summed E-state index contributed by atoms with van der Waals surface area (Å²) >= 11 is 0. The molecule has 5 rings (SSSR count). The zero-order valence-electron chi connectivity index (χ0n) is 16.6. The number of carbonyl (C=O) groups is 2. The number of carbonyl (C=O) groups excluding carboxylic acids is 2. The normalized spacial score (nSPS) is 21.5. The molecule has 158 valence electrons. The quantitative estimate of drug-likeness (QED) is 0.661. The fourth-order valence-corrected chi connectivity index (χ4v) is 4.24. The van der Waals surface area contributed by atoms with Crippen LogP contribution in [0.25, 0.3) is 0 Å². The maximum absolute atomic E-state index is 13.1. The summed E-state index contributed by atoms with van der Waals surface area (Å²) in [5.74, 6) is 0.637. The summed E-state index contributed by atoms with van der Waals surface area (Å²) in [5.41, 5.74) is -0.159. The van der Waals surface area contributed by atoms with Crippen molar-refractivity contribution in [2.75, 3.05) is 11.9 Å². The topological polar surface area (TPSA) is 89.4 Å². The van der Waals surface area contributed by atoms with E-state index in [4.69, 9.17) is 4.74 Å². The highest BCUT2D eigenvalue weighted by Gasteiger charge is 2.68. The lowest BCUT2D eigenvalue weighted by molar-refractivity contribution is -0.139. The first-order valence-corrected chi connectivity index (χ1v) is 10.0. The minimum absolute atomic E-state index is 0.0666. The summed E-state index contributed by atoms with van der Waals surface area (Å²) in [4.78, 5) is 31.4. The summed E-state index contributed by atoms with van der Waals surface area (Å²) < 4.78 is 20.1. The zero-order valence-corrected chi connectivity index (χ0v) is 16.6. The Labute approximate surface area is 177 Å². The molecule has 1 aliphatic carbocycles. The van der Waals surface area contributed by atoms with Gasteiger partial charge in [0, 0.05) is 12.2 Å². The first kappa shape index (κ1) is 19.2. The number of anilines is 1. The summed E-state index contributed by atoms with van der Waals surface area (Å²) in [6, 6.07) is 12.7. The van der Waals surface area contributed by atoms with Crippen LogP contribution in [0.5, 0.6) is 11.5 Å². The molecule has 1 aromatic heterocycles. The molecule has 8 nitrogen and oxygen atoms in total.